The Bertz CT molecular complexity index is 657. The molecule has 1 aliphatic heterocycles. The number of hydrogen-bond acceptors (Lipinski definition) is 3. The summed E-state index contributed by atoms with van der Waals surface area (Å²) in [4.78, 5) is 24.8. The van der Waals surface area contributed by atoms with Crippen molar-refractivity contribution in [2.75, 3.05) is 5.32 Å². The van der Waals surface area contributed by atoms with E-state index in [2.05, 4.69) is 28.2 Å². The first-order chi connectivity index (χ1) is 10.6. The van der Waals surface area contributed by atoms with E-state index in [1.165, 1.54) is 0 Å². The highest BCUT2D eigenvalue weighted by molar-refractivity contribution is 9.10. The molecule has 0 unspecified atom stereocenters. The lowest BCUT2D eigenvalue weighted by atomic mass is 9.79. The summed E-state index contributed by atoms with van der Waals surface area (Å²) < 4.78 is 6.41. The van der Waals surface area contributed by atoms with Gasteiger partial charge in [-0.1, -0.05) is 22.9 Å². The first-order valence-electron chi connectivity index (χ1n) is 7.88. The van der Waals surface area contributed by atoms with Crippen molar-refractivity contribution >= 4 is 33.5 Å². The number of aryl methyl sites for hydroxylation is 1. The van der Waals surface area contributed by atoms with Gasteiger partial charge in [0.15, 0.2) is 0 Å². The second-order valence-electron chi connectivity index (χ2n) is 6.57. The Labute approximate surface area is 137 Å². The molecular weight excluding hydrogens is 346 g/mol. The summed E-state index contributed by atoms with van der Waals surface area (Å²) in [5, 5.41) is 3.05. The Kier molecular flexibility index (Phi) is 3.29. The Balaban J connectivity index is 1.57. The number of halogens is 1. The Morgan fingerprint density at radius 3 is 3.00 bits per heavy atom. The van der Waals surface area contributed by atoms with Gasteiger partial charge in [0.25, 0.3) is 0 Å². The number of anilines is 1. The van der Waals surface area contributed by atoms with Crippen LogP contribution in [0.4, 0.5) is 5.69 Å². The van der Waals surface area contributed by atoms with Crippen molar-refractivity contribution in [2.45, 2.75) is 32.3 Å². The highest BCUT2D eigenvalue weighted by Crippen LogP contribution is 2.57. The summed E-state index contributed by atoms with van der Waals surface area (Å²) >= 11 is 3.46. The molecule has 1 aromatic carbocycles. The van der Waals surface area contributed by atoms with Gasteiger partial charge in [-0.15, -0.1) is 0 Å². The van der Waals surface area contributed by atoms with Crippen LogP contribution >= 0.6 is 15.9 Å². The van der Waals surface area contributed by atoms with Crippen LogP contribution in [-0.4, -0.2) is 18.0 Å². The fourth-order valence-electron chi connectivity index (χ4n) is 4.56. The zero-order valence-corrected chi connectivity index (χ0v) is 13.9. The van der Waals surface area contributed by atoms with E-state index in [1.807, 2.05) is 18.2 Å². The van der Waals surface area contributed by atoms with Crippen molar-refractivity contribution in [3.05, 3.63) is 28.2 Å². The fraction of sp³-hybridized carbons (Fsp3) is 0.529. The first kappa shape index (κ1) is 14.2. The SMILES string of the molecule is CCc1cc(Br)ccc1NC(=O)[C@H]1[C@H]2C[C@@H]3[C@@H]1C(=O)O[C@H]3C2. The lowest BCUT2D eigenvalue weighted by Gasteiger charge is -2.24. The summed E-state index contributed by atoms with van der Waals surface area (Å²) in [5.41, 5.74) is 1.94. The van der Waals surface area contributed by atoms with Gasteiger partial charge in [-0.25, -0.2) is 0 Å². The van der Waals surface area contributed by atoms with E-state index in [4.69, 9.17) is 4.74 Å². The van der Waals surface area contributed by atoms with Gasteiger partial charge in [0.05, 0.1) is 11.8 Å². The van der Waals surface area contributed by atoms with Gasteiger partial charge in [-0.05, 0) is 48.9 Å². The van der Waals surface area contributed by atoms with Gasteiger partial charge in [0.2, 0.25) is 5.91 Å². The molecule has 1 N–H and O–H groups in total. The standard InChI is InChI=1S/C17H18BrNO3/c1-2-8-5-10(18)3-4-12(8)19-16(20)14-9-6-11-13(7-9)22-17(21)15(11)14/h3-5,9,11,13-15H,2,6-7H2,1H3,(H,19,20)/t9-,11-,13-,14-,15-/m0/s1. The van der Waals surface area contributed by atoms with Crippen LogP contribution in [0.5, 0.6) is 0 Å². The Hall–Kier alpha value is -1.36. The maximum atomic E-state index is 12.8. The zero-order chi connectivity index (χ0) is 15.4. The molecule has 3 aliphatic rings. The van der Waals surface area contributed by atoms with E-state index in [1.54, 1.807) is 0 Å². The molecule has 0 radical (unpaired) electrons. The molecule has 2 aliphatic carbocycles. The largest absolute Gasteiger partial charge is 0.462 e. The van der Waals surface area contributed by atoms with E-state index in [-0.39, 0.29) is 35.7 Å². The molecule has 1 heterocycles. The van der Waals surface area contributed by atoms with E-state index in [0.29, 0.717) is 5.92 Å². The second kappa shape index (κ2) is 5.08. The minimum atomic E-state index is -0.218. The third-order valence-corrected chi connectivity index (χ3v) is 5.99. The van der Waals surface area contributed by atoms with Gasteiger partial charge in [-0.2, -0.15) is 0 Å². The number of benzene rings is 1. The summed E-state index contributed by atoms with van der Waals surface area (Å²) in [6, 6.07) is 5.87. The van der Waals surface area contributed by atoms with Crippen molar-refractivity contribution < 1.29 is 14.3 Å². The Morgan fingerprint density at radius 1 is 1.41 bits per heavy atom. The van der Waals surface area contributed by atoms with Crippen LogP contribution in [0.3, 0.4) is 0 Å². The van der Waals surface area contributed by atoms with Crippen molar-refractivity contribution in [3.63, 3.8) is 0 Å². The molecule has 2 bridgehead atoms. The third kappa shape index (κ3) is 2.02. The van der Waals surface area contributed by atoms with Crippen molar-refractivity contribution in [1.82, 2.24) is 0 Å². The lowest BCUT2D eigenvalue weighted by molar-refractivity contribution is -0.145. The van der Waals surface area contributed by atoms with E-state index in [9.17, 15) is 9.59 Å². The van der Waals surface area contributed by atoms with E-state index >= 15 is 0 Å². The van der Waals surface area contributed by atoms with Gasteiger partial charge in [-0.3, -0.25) is 9.59 Å². The molecule has 0 spiro atoms. The number of hydrogen-bond donors (Lipinski definition) is 1. The lowest BCUT2D eigenvalue weighted by Crippen LogP contribution is -2.36. The van der Waals surface area contributed by atoms with Crippen LogP contribution in [0.2, 0.25) is 0 Å². The summed E-state index contributed by atoms with van der Waals surface area (Å²) in [6.45, 7) is 2.06. The summed E-state index contributed by atoms with van der Waals surface area (Å²) in [7, 11) is 0. The number of fused-ring (bicyclic) bond motifs is 1. The monoisotopic (exact) mass is 363 g/mol. The van der Waals surface area contributed by atoms with E-state index < -0.39 is 0 Å². The molecule has 5 atom stereocenters. The van der Waals surface area contributed by atoms with Crippen LogP contribution in [0, 0.1) is 23.7 Å². The number of carbonyl (C=O) groups excluding carboxylic acids is 2. The van der Waals surface area contributed by atoms with Crippen LogP contribution in [0.1, 0.15) is 25.3 Å². The van der Waals surface area contributed by atoms with Crippen LogP contribution in [-0.2, 0) is 20.7 Å². The van der Waals surface area contributed by atoms with Gasteiger partial charge < -0.3 is 10.1 Å². The number of nitrogens with one attached hydrogen (secondary N) is 1. The number of carbonyl (C=O) groups is 2. The van der Waals surface area contributed by atoms with Gasteiger partial charge >= 0.3 is 5.97 Å². The highest BCUT2D eigenvalue weighted by Gasteiger charge is 2.63. The highest BCUT2D eigenvalue weighted by atomic mass is 79.9. The molecule has 4 nitrogen and oxygen atoms in total. The molecule has 1 saturated heterocycles. The zero-order valence-electron chi connectivity index (χ0n) is 12.3. The predicted octanol–water partition coefficient (Wildman–Crippen LogP) is 3.15. The number of ether oxygens (including phenoxy) is 1. The number of rotatable bonds is 3. The molecular formula is C17H18BrNO3. The minimum Gasteiger partial charge on any atom is -0.462 e. The van der Waals surface area contributed by atoms with Crippen LogP contribution in [0.15, 0.2) is 22.7 Å². The molecule has 22 heavy (non-hydrogen) atoms. The van der Waals surface area contributed by atoms with Crippen LogP contribution < -0.4 is 5.32 Å². The molecule has 1 amide bonds. The minimum absolute atomic E-state index is 0.0215. The molecule has 0 aromatic heterocycles. The summed E-state index contributed by atoms with van der Waals surface area (Å²) in [5.74, 6) is -0.0573. The smallest absolute Gasteiger partial charge is 0.310 e. The normalized spacial score (nSPS) is 34.8. The molecule has 3 fully saturated rings. The molecule has 1 aromatic rings. The fourth-order valence-corrected chi connectivity index (χ4v) is 4.96. The first-order valence-corrected chi connectivity index (χ1v) is 8.67. The maximum absolute atomic E-state index is 12.8. The Morgan fingerprint density at radius 2 is 2.23 bits per heavy atom. The quantitative estimate of drug-likeness (QED) is 0.839. The van der Waals surface area contributed by atoms with Crippen LogP contribution in [0.25, 0.3) is 0 Å². The molecule has 5 heteroatoms. The molecule has 4 rings (SSSR count). The van der Waals surface area contributed by atoms with Crippen molar-refractivity contribution in [3.8, 4) is 0 Å². The third-order valence-electron chi connectivity index (χ3n) is 5.49. The average molecular weight is 364 g/mol. The van der Waals surface area contributed by atoms with Crippen molar-refractivity contribution in [2.24, 2.45) is 23.7 Å². The maximum Gasteiger partial charge on any atom is 0.310 e. The molecule has 2 saturated carbocycles. The second-order valence-corrected chi connectivity index (χ2v) is 7.48. The predicted molar refractivity (Wildman–Crippen MR) is 85.2 cm³/mol. The summed E-state index contributed by atoms with van der Waals surface area (Å²) in [6.07, 6.45) is 2.73. The number of esters is 1. The molecule has 116 valence electrons. The van der Waals surface area contributed by atoms with Crippen molar-refractivity contribution in [1.29, 1.82) is 0 Å². The van der Waals surface area contributed by atoms with Gasteiger partial charge in [0, 0.05) is 16.1 Å². The average Bonchev–Trinajstić information content (AvgIpc) is 3.10. The van der Waals surface area contributed by atoms with E-state index in [0.717, 1.165) is 35.0 Å². The van der Waals surface area contributed by atoms with Gasteiger partial charge in [0.1, 0.15) is 6.10 Å². The number of amides is 1. The topological polar surface area (TPSA) is 55.4 Å².